The third-order valence-electron chi connectivity index (χ3n) is 2.85. The molecule has 2 aromatic rings. The van der Waals surface area contributed by atoms with Crippen molar-refractivity contribution < 1.29 is 9.53 Å². The van der Waals surface area contributed by atoms with Crippen LogP contribution in [0.25, 0.3) is 0 Å². The molecule has 0 radical (unpaired) electrons. The molecule has 2 rings (SSSR count). The van der Waals surface area contributed by atoms with Gasteiger partial charge in [0.2, 0.25) is 0 Å². The fraction of sp³-hybridized carbons (Fsp3) is 0.133. The van der Waals surface area contributed by atoms with E-state index in [9.17, 15) is 4.79 Å². The summed E-state index contributed by atoms with van der Waals surface area (Å²) in [6.07, 6.45) is 0. The van der Waals surface area contributed by atoms with Crippen LogP contribution in [-0.2, 0) is 0 Å². The molecule has 0 unspecified atom stereocenters. The first-order valence-corrected chi connectivity index (χ1v) is 7.80. The fourth-order valence-corrected chi connectivity index (χ4v) is 2.77. The molecular formula is C15H13BrINO2. The highest BCUT2D eigenvalue weighted by molar-refractivity contribution is 14.1. The Balaban J connectivity index is 2.26. The van der Waals surface area contributed by atoms with Crippen molar-refractivity contribution in [3.05, 3.63) is 55.6 Å². The number of rotatable bonds is 3. The number of amides is 1. The summed E-state index contributed by atoms with van der Waals surface area (Å²) in [7, 11) is 1.59. The van der Waals surface area contributed by atoms with Crippen LogP contribution in [0.4, 0.5) is 5.69 Å². The molecule has 0 aliphatic heterocycles. The Hall–Kier alpha value is -1.08. The first kappa shape index (κ1) is 15.3. The predicted molar refractivity (Wildman–Crippen MR) is 92.5 cm³/mol. The molecule has 0 saturated carbocycles. The molecule has 0 aliphatic carbocycles. The van der Waals surface area contributed by atoms with Gasteiger partial charge in [0.05, 0.1) is 17.1 Å². The lowest BCUT2D eigenvalue weighted by molar-refractivity contribution is 0.102. The SMILES string of the molecule is COc1cc(NC(=O)c2cccc(C)c2I)ccc1Br. The Labute approximate surface area is 140 Å². The Bertz CT molecular complexity index is 658. The summed E-state index contributed by atoms with van der Waals surface area (Å²) in [5, 5.41) is 2.88. The maximum absolute atomic E-state index is 12.3. The van der Waals surface area contributed by atoms with E-state index in [0.717, 1.165) is 13.6 Å². The number of hydrogen-bond acceptors (Lipinski definition) is 2. The van der Waals surface area contributed by atoms with Gasteiger partial charge < -0.3 is 10.1 Å². The van der Waals surface area contributed by atoms with Gasteiger partial charge in [-0.3, -0.25) is 4.79 Å². The monoisotopic (exact) mass is 445 g/mol. The largest absolute Gasteiger partial charge is 0.495 e. The number of carbonyl (C=O) groups excluding carboxylic acids is 1. The van der Waals surface area contributed by atoms with Crippen LogP contribution in [0.15, 0.2) is 40.9 Å². The van der Waals surface area contributed by atoms with Crippen LogP contribution in [0.1, 0.15) is 15.9 Å². The quantitative estimate of drug-likeness (QED) is 0.700. The Kier molecular flexibility index (Phi) is 5.04. The van der Waals surface area contributed by atoms with E-state index in [-0.39, 0.29) is 5.91 Å². The number of anilines is 1. The van der Waals surface area contributed by atoms with Crippen LogP contribution in [0.3, 0.4) is 0 Å². The van der Waals surface area contributed by atoms with Crippen molar-refractivity contribution in [2.24, 2.45) is 0 Å². The minimum Gasteiger partial charge on any atom is -0.495 e. The average Bonchev–Trinajstić information content (AvgIpc) is 2.43. The molecule has 104 valence electrons. The maximum Gasteiger partial charge on any atom is 0.256 e. The van der Waals surface area contributed by atoms with Crippen molar-refractivity contribution in [3.63, 3.8) is 0 Å². The van der Waals surface area contributed by atoms with E-state index in [1.165, 1.54) is 0 Å². The van der Waals surface area contributed by atoms with Gasteiger partial charge in [0.25, 0.3) is 5.91 Å². The Morgan fingerprint density at radius 2 is 2.05 bits per heavy atom. The van der Waals surface area contributed by atoms with Crippen LogP contribution < -0.4 is 10.1 Å². The van der Waals surface area contributed by atoms with Crippen LogP contribution >= 0.6 is 38.5 Å². The topological polar surface area (TPSA) is 38.3 Å². The summed E-state index contributed by atoms with van der Waals surface area (Å²) in [5.41, 5.74) is 2.46. The van der Waals surface area contributed by atoms with Gasteiger partial charge in [0.15, 0.2) is 0 Å². The second-order valence-electron chi connectivity index (χ2n) is 4.24. The second-order valence-corrected chi connectivity index (χ2v) is 6.17. The van der Waals surface area contributed by atoms with Crippen molar-refractivity contribution in [1.82, 2.24) is 0 Å². The van der Waals surface area contributed by atoms with Gasteiger partial charge in [-0.15, -0.1) is 0 Å². The maximum atomic E-state index is 12.3. The molecule has 0 fully saturated rings. The number of aryl methyl sites for hydroxylation is 1. The summed E-state index contributed by atoms with van der Waals surface area (Å²) in [6.45, 7) is 1.99. The van der Waals surface area contributed by atoms with Crippen molar-refractivity contribution in [2.45, 2.75) is 6.92 Å². The minimum absolute atomic E-state index is 0.123. The molecule has 5 heteroatoms. The van der Waals surface area contributed by atoms with Crippen molar-refractivity contribution >= 4 is 50.1 Å². The number of nitrogens with one attached hydrogen (secondary N) is 1. The van der Waals surface area contributed by atoms with Crippen LogP contribution in [0, 0.1) is 10.5 Å². The lowest BCUT2D eigenvalue weighted by atomic mass is 10.1. The number of halogens is 2. The van der Waals surface area contributed by atoms with Gasteiger partial charge in [-0.05, 0) is 69.2 Å². The highest BCUT2D eigenvalue weighted by atomic mass is 127. The normalized spacial score (nSPS) is 10.2. The van der Waals surface area contributed by atoms with Crippen LogP contribution in [0.2, 0.25) is 0 Å². The fourth-order valence-electron chi connectivity index (χ4n) is 1.76. The van der Waals surface area contributed by atoms with Gasteiger partial charge in [0.1, 0.15) is 5.75 Å². The second kappa shape index (κ2) is 6.58. The van der Waals surface area contributed by atoms with E-state index in [0.29, 0.717) is 17.0 Å². The number of ether oxygens (including phenoxy) is 1. The minimum atomic E-state index is -0.123. The summed E-state index contributed by atoms with van der Waals surface area (Å²) in [4.78, 5) is 12.3. The number of carbonyl (C=O) groups is 1. The van der Waals surface area contributed by atoms with E-state index in [1.807, 2.05) is 37.3 Å². The summed E-state index contributed by atoms with van der Waals surface area (Å²) in [5.74, 6) is 0.559. The third-order valence-corrected chi connectivity index (χ3v) is 4.93. The average molecular weight is 446 g/mol. The highest BCUT2D eigenvalue weighted by Gasteiger charge is 2.12. The van der Waals surface area contributed by atoms with E-state index >= 15 is 0 Å². The number of methoxy groups -OCH3 is 1. The van der Waals surface area contributed by atoms with Crippen LogP contribution in [0.5, 0.6) is 5.75 Å². The summed E-state index contributed by atoms with van der Waals surface area (Å²) in [6, 6.07) is 11.1. The lowest BCUT2D eigenvalue weighted by Crippen LogP contribution is -2.14. The molecule has 0 bridgehead atoms. The van der Waals surface area contributed by atoms with E-state index in [1.54, 1.807) is 13.2 Å². The van der Waals surface area contributed by atoms with Crippen molar-refractivity contribution in [1.29, 1.82) is 0 Å². The van der Waals surface area contributed by atoms with Gasteiger partial charge in [-0.25, -0.2) is 0 Å². The van der Waals surface area contributed by atoms with Crippen molar-refractivity contribution in [2.75, 3.05) is 12.4 Å². The van der Waals surface area contributed by atoms with E-state index < -0.39 is 0 Å². The van der Waals surface area contributed by atoms with Crippen molar-refractivity contribution in [3.8, 4) is 5.75 Å². The molecule has 0 aromatic heterocycles. The van der Waals surface area contributed by atoms with Gasteiger partial charge in [-0.2, -0.15) is 0 Å². The lowest BCUT2D eigenvalue weighted by Gasteiger charge is -2.10. The van der Waals surface area contributed by atoms with Gasteiger partial charge >= 0.3 is 0 Å². The molecule has 0 spiro atoms. The first-order valence-electron chi connectivity index (χ1n) is 5.93. The Morgan fingerprint density at radius 3 is 2.75 bits per heavy atom. The Morgan fingerprint density at radius 1 is 1.30 bits per heavy atom. The standard InChI is InChI=1S/C15H13BrINO2/c1-9-4-3-5-11(14(9)17)15(19)18-10-6-7-12(16)13(8-10)20-2/h3-8H,1-2H3,(H,18,19). The molecule has 20 heavy (non-hydrogen) atoms. The third kappa shape index (κ3) is 3.32. The zero-order valence-corrected chi connectivity index (χ0v) is 14.8. The zero-order valence-electron chi connectivity index (χ0n) is 11.0. The molecular weight excluding hydrogens is 433 g/mol. The molecule has 0 aliphatic rings. The molecule has 1 N–H and O–H groups in total. The molecule has 3 nitrogen and oxygen atoms in total. The summed E-state index contributed by atoms with van der Waals surface area (Å²) >= 11 is 5.57. The molecule has 0 saturated heterocycles. The summed E-state index contributed by atoms with van der Waals surface area (Å²) < 4.78 is 7.03. The predicted octanol–water partition coefficient (Wildman–Crippen LogP) is 4.62. The number of hydrogen-bond donors (Lipinski definition) is 1. The molecule has 1 amide bonds. The van der Waals surface area contributed by atoms with Crippen LogP contribution in [-0.4, -0.2) is 13.0 Å². The first-order chi connectivity index (χ1) is 9.52. The molecule has 2 aromatic carbocycles. The number of benzene rings is 2. The molecule has 0 atom stereocenters. The van der Waals surface area contributed by atoms with Gasteiger partial charge in [-0.1, -0.05) is 12.1 Å². The zero-order chi connectivity index (χ0) is 14.7. The smallest absolute Gasteiger partial charge is 0.256 e. The van der Waals surface area contributed by atoms with Gasteiger partial charge in [0, 0.05) is 15.3 Å². The highest BCUT2D eigenvalue weighted by Crippen LogP contribution is 2.28. The van der Waals surface area contributed by atoms with E-state index in [4.69, 9.17) is 4.74 Å². The van der Waals surface area contributed by atoms with E-state index in [2.05, 4.69) is 43.8 Å². The molecule has 0 heterocycles.